The number of nitriles is 1. The van der Waals surface area contributed by atoms with E-state index in [9.17, 15) is 10.1 Å². The maximum atomic E-state index is 12.2. The first-order valence-electron chi connectivity index (χ1n) is 7.81. The maximum Gasteiger partial charge on any atom is 0.235 e. The Balaban J connectivity index is 1.87. The molecular weight excluding hydrogens is 252 g/mol. The molecule has 1 amide bonds. The highest BCUT2D eigenvalue weighted by molar-refractivity contribution is 5.79. The molecule has 1 atom stereocenters. The van der Waals surface area contributed by atoms with Gasteiger partial charge in [0, 0.05) is 25.7 Å². The fourth-order valence-electron chi connectivity index (χ4n) is 3.26. The fraction of sp³-hybridized carbons (Fsp3) is 0.867. The van der Waals surface area contributed by atoms with E-state index in [1.165, 1.54) is 12.8 Å². The molecule has 2 N–H and O–H groups in total. The van der Waals surface area contributed by atoms with Gasteiger partial charge in [-0.1, -0.05) is 25.7 Å². The van der Waals surface area contributed by atoms with E-state index in [4.69, 9.17) is 0 Å². The highest BCUT2D eigenvalue weighted by atomic mass is 16.2. The van der Waals surface area contributed by atoms with E-state index in [0.29, 0.717) is 12.6 Å². The minimum Gasteiger partial charge on any atom is -0.337 e. The van der Waals surface area contributed by atoms with Crippen LogP contribution in [-0.4, -0.2) is 48.6 Å². The molecule has 1 saturated carbocycles. The number of amides is 1. The van der Waals surface area contributed by atoms with Crippen molar-refractivity contribution < 1.29 is 4.79 Å². The van der Waals surface area contributed by atoms with Gasteiger partial charge in [0.2, 0.25) is 5.91 Å². The van der Waals surface area contributed by atoms with Crippen molar-refractivity contribution in [3.8, 4) is 6.07 Å². The number of nitrogens with one attached hydrogen (secondary N) is 2. The molecule has 0 bridgehead atoms. The van der Waals surface area contributed by atoms with Crippen LogP contribution in [0.4, 0.5) is 0 Å². The summed E-state index contributed by atoms with van der Waals surface area (Å²) < 4.78 is 0. The molecule has 0 aromatic heterocycles. The van der Waals surface area contributed by atoms with Crippen LogP contribution in [0.15, 0.2) is 0 Å². The molecule has 1 saturated heterocycles. The summed E-state index contributed by atoms with van der Waals surface area (Å²) >= 11 is 0. The molecule has 2 aliphatic rings. The zero-order valence-corrected chi connectivity index (χ0v) is 12.5. The van der Waals surface area contributed by atoms with Gasteiger partial charge in [-0.15, -0.1) is 0 Å². The van der Waals surface area contributed by atoms with E-state index < -0.39 is 5.54 Å². The topological polar surface area (TPSA) is 68.2 Å². The van der Waals surface area contributed by atoms with Crippen LogP contribution in [0.1, 0.15) is 45.4 Å². The molecule has 0 spiro atoms. The van der Waals surface area contributed by atoms with Crippen molar-refractivity contribution in [3.05, 3.63) is 0 Å². The highest BCUT2D eigenvalue weighted by Crippen LogP contribution is 2.26. The van der Waals surface area contributed by atoms with Gasteiger partial charge >= 0.3 is 0 Å². The van der Waals surface area contributed by atoms with Gasteiger partial charge in [0.25, 0.3) is 0 Å². The van der Waals surface area contributed by atoms with Crippen molar-refractivity contribution in [1.82, 2.24) is 15.5 Å². The predicted octanol–water partition coefficient (Wildman–Crippen LogP) is 1.01. The summed E-state index contributed by atoms with van der Waals surface area (Å²) in [6.45, 7) is 5.27. The van der Waals surface area contributed by atoms with Crippen LogP contribution in [0.3, 0.4) is 0 Å². The normalized spacial score (nSPS) is 27.3. The Kier molecular flexibility index (Phi) is 5.38. The van der Waals surface area contributed by atoms with Gasteiger partial charge in [0.15, 0.2) is 0 Å². The van der Waals surface area contributed by atoms with E-state index in [-0.39, 0.29) is 5.91 Å². The average Bonchev–Trinajstić information content (AvgIpc) is 2.65. The predicted molar refractivity (Wildman–Crippen MR) is 78.1 cm³/mol. The summed E-state index contributed by atoms with van der Waals surface area (Å²) in [4.78, 5) is 14.4. The molecule has 20 heavy (non-hydrogen) atoms. The zero-order chi connectivity index (χ0) is 14.4. The number of rotatable bonds is 3. The van der Waals surface area contributed by atoms with Crippen LogP contribution in [0.25, 0.3) is 0 Å². The van der Waals surface area contributed by atoms with E-state index in [0.717, 1.165) is 45.3 Å². The van der Waals surface area contributed by atoms with Crippen molar-refractivity contribution in [2.75, 3.05) is 26.2 Å². The summed E-state index contributed by atoms with van der Waals surface area (Å²) in [5.74, 6) is 0.00236. The summed E-state index contributed by atoms with van der Waals surface area (Å²) in [5, 5.41) is 15.9. The molecule has 1 heterocycles. The van der Waals surface area contributed by atoms with Gasteiger partial charge < -0.3 is 10.6 Å². The Morgan fingerprint density at radius 1 is 1.40 bits per heavy atom. The molecule has 0 aromatic rings. The lowest BCUT2D eigenvalue weighted by Gasteiger charge is -2.33. The molecule has 0 radical (unpaired) electrons. The Morgan fingerprint density at radius 3 is 2.70 bits per heavy atom. The fourth-order valence-corrected chi connectivity index (χ4v) is 3.26. The van der Waals surface area contributed by atoms with Gasteiger partial charge in [0.05, 0.1) is 12.6 Å². The lowest BCUT2D eigenvalue weighted by atomic mass is 9.92. The van der Waals surface area contributed by atoms with Gasteiger partial charge in [0.1, 0.15) is 5.54 Å². The Hall–Kier alpha value is -1.12. The SMILES string of the molecule is CC1CN(CC(=O)NC2(C#N)CCCCCC2)CCN1. The van der Waals surface area contributed by atoms with E-state index >= 15 is 0 Å². The van der Waals surface area contributed by atoms with Crippen LogP contribution in [-0.2, 0) is 4.79 Å². The first-order valence-corrected chi connectivity index (χ1v) is 7.81. The Bertz CT molecular complexity index is 369. The third-order valence-corrected chi connectivity index (χ3v) is 4.37. The van der Waals surface area contributed by atoms with Gasteiger partial charge in [-0.2, -0.15) is 5.26 Å². The second-order valence-electron chi connectivity index (χ2n) is 6.25. The Labute approximate surface area is 121 Å². The minimum atomic E-state index is -0.618. The Morgan fingerprint density at radius 2 is 2.10 bits per heavy atom. The smallest absolute Gasteiger partial charge is 0.235 e. The quantitative estimate of drug-likeness (QED) is 0.756. The molecule has 5 nitrogen and oxygen atoms in total. The lowest BCUT2D eigenvalue weighted by molar-refractivity contribution is -0.124. The monoisotopic (exact) mass is 278 g/mol. The molecular formula is C15H26N4O. The summed E-state index contributed by atoms with van der Waals surface area (Å²) in [7, 11) is 0. The molecule has 2 rings (SSSR count). The number of piperazine rings is 1. The van der Waals surface area contributed by atoms with E-state index in [1.54, 1.807) is 0 Å². The molecule has 0 aromatic carbocycles. The number of carbonyl (C=O) groups excluding carboxylic acids is 1. The van der Waals surface area contributed by atoms with Gasteiger partial charge in [-0.3, -0.25) is 9.69 Å². The van der Waals surface area contributed by atoms with Crippen LogP contribution in [0.5, 0.6) is 0 Å². The maximum absolute atomic E-state index is 12.2. The standard InChI is InChI=1S/C15H26N4O/c1-13-10-19(9-8-17-13)11-14(20)18-15(12-16)6-4-2-3-5-7-15/h13,17H,2-11H2,1H3,(H,18,20). The third kappa shape index (κ3) is 4.19. The highest BCUT2D eigenvalue weighted by Gasteiger charge is 2.33. The number of nitrogens with zero attached hydrogens (tertiary/aromatic N) is 2. The number of hydrogen-bond acceptors (Lipinski definition) is 4. The summed E-state index contributed by atoms with van der Waals surface area (Å²) in [6.07, 6.45) is 6.03. The molecule has 112 valence electrons. The van der Waals surface area contributed by atoms with Crippen LogP contribution >= 0.6 is 0 Å². The summed E-state index contributed by atoms with van der Waals surface area (Å²) in [5.41, 5.74) is -0.618. The van der Waals surface area contributed by atoms with Crippen LogP contribution < -0.4 is 10.6 Å². The average molecular weight is 278 g/mol. The molecule has 1 unspecified atom stereocenters. The van der Waals surface area contributed by atoms with Crippen molar-refractivity contribution >= 4 is 5.91 Å². The second kappa shape index (κ2) is 7.05. The van der Waals surface area contributed by atoms with Crippen LogP contribution in [0.2, 0.25) is 0 Å². The number of carbonyl (C=O) groups is 1. The first kappa shape index (κ1) is 15.3. The zero-order valence-electron chi connectivity index (χ0n) is 12.5. The largest absolute Gasteiger partial charge is 0.337 e. The van der Waals surface area contributed by atoms with Crippen LogP contribution in [0, 0.1) is 11.3 Å². The van der Waals surface area contributed by atoms with Gasteiger partial charge in [-0.25, -0.2) is 0 Å². The minimum absolute atomic E-state index is 0.00236. The van der Waals surface area contributed by atoms with Crippen molar-refractivity contribution in [2.24, 2.45) is 0 Å². The first-order chi connectivity index (χ1) is 9.63. The molecule has 2 fully saturated rings. The molecule has 5 heteroatoms. The van der Waals surface area contributed by atoms with Gasteiger partial charge in [-0.05, 0) is 19.8 Å². The lowest BCUT2D eigenvalue weighted by Crippen LogP contribution is -2.55. The summed E-state index contributed by atoms with van der Waals surface area (Å²) in [6, 6.07) is 2.80. The third-order valence-electron chi connectivity index (χ3n) is 4.37. The van der Waals surface area contributed by atoms with Crippen molar-refractivity contribution in [1.29, 1.82) is 5.26 Å². The molecule has 1 aliphatic carbocycles. The van der Waals surface area contributed by atoms with Crippen molar-refractivity contribution in [2.45, 2.75) is 57.0 Å². The van der Waals surface area contributed by atoms with E-state index in [2.05, 4.69) is 28.5 Å². The second-order valence-corrected chi connectivity index (χ2v) is 6.25. The molecule has 1 aliphatic heterocycles. The van der Waals surface area contributed by atoms with E-state index in [1.807, 2.05) is 0 Å². The van der Waals surface area contributed by atoms with Crippen molar-refractivity contribution in [3.63, 3.8) is 0 Å². The number of hydrogen-bond donors (Lipinski definition) is 2.